The molecule has 3 N–H and O–H groups in total. The van der Waals surface area contributed by atoms with Gasteiger partial charge in [0, 0.05) is 31.8 Å². The van der Waals surface area contributed by atoms with E-state index in [9.17, 15) is 4.79 Å². The van der Waals surface area contributed by atoms with E-state index in [1.165, 1.54) is 5.56 Å². The zero-order valence-electron chi connectivity index (χ0n) is 14.0. The first kappa shape index (κ1) is 17.8. The number of nitrogens with zero attached hydrogens (tertiary/aromatic N) is 1. The summed E-state index contributed by atoms with van der Waals surface area (Å²) in [6.07, 6.45) is 3.66. The molecule has 0 saturated carbocycles. The first-order valence-corrected chi connectivity index (χ1v) is 8.61. The Kier molecular flexibility index (Phi) is 7.36. The normalized spacial score (nSPS) is 20.0. The number of aliphatic hydroxyl groups excluding tert-OH is 1. The lowest BCUT2D eigenvalue weighted by molar-refractivity contribution is 0.179. The van der Waals surface area contributed by atoms with Crippen molar-refractivity contribution in [2.24, 2.45) is 0 Å². The molecular formula is C18H29N3O2. The predicted octanol–water partition coefficient (Wildman–Crippen LogP) is 2.11. The van der Waals surface area contributed by atoms with Gasteiger partial charge in [-0.3, -0.25) is 4.90 Å². The number of amides is 2. The van der Waals surface area contributed by atoms with Crippen molar-refractivity contribution in [3.8, 4) is 0 Å². The molecule has 2 unspecified atom stereocenters. The maximum atomic E-state index is 12.0. The van der Waals surface area contributed by atoms with Crippen molar-refractivity contribution < 1.29 is 9.90 Å². The van der Waals surface area contributed by atoms with E-state index >= 15 is 0 Å². The van der Waals surface area contributed by atoms with Crippen LogP contribution in [0.15, 0.2) is 30.3 Å². The van der Waals surface area contributed by atoms with Gasteiger partial charge in [-0.25, -0.2) is 4.79 Å². The second-order valence-electron chi connectivity index (χ2n) is 6.44. The van der Waals surface area contributed by atoms with Crippen molar-refractivity contribution in [3.05, 3.63) is 35.9 Å². The van der Waals surface area contributed by atoms with Crippen molar-refractivity contribution >= 4 is 6.03 Å². The van der Waals surface area contributed by atoms with Crippen LogP contribution in [0.3, 0.4) is 0 Å². The van der Waals surface area contributed by atoms with Gasteiger partial charge < -0.3 is 15.7 Å². The number of carbonyl (C=O) groups excluding carboxylic acids is 1. The summed E-state index contributed by atoms with van der Waals surface area (Å²) in [7, 11) is 0. The average molecular weight is 319 g/mol. The van der Waals surface area contributed by atoms with Crippen LogP contribution in [-0.2, 0) is 6.54 Å². The Bertz CT molecular complexity index is 467. The molecule has 5 nitrogen and oxygen atoms in total. The van der Waals surface area contributed by atoms with Crippen LogP contribution < -0.4 is 10.6 Å². The van der Waals surface area contributed by atoms with Crippen LogP contribution in [0.2, 0.25) is 0 Å². The molecule has 1 aromatic rings. The van der Waals surface area contributed by atoms with Crippen molar-refractivity contribution in [2.45, 2.75) is 51.2 Å². The summed E-state index contributed by atoms with van der Waals surface area (Å²) in [5.41, 5.74) is 1.32. The molecule has 0 radical (unpaired) electrons. The molecule has 1 aliphatic heterocycles. The average Bonchev–Trinajstić information content (AvgIpc) is 2.54. The Morgan fingerprint density at radius 2 is 2.17 bits per heavy atom. The van der Waals surface area contributed by atoms with E-state index in [1.807, 2.05) is 13.0 Å². The van der Waals surface area contributed by atoms with Gasteiger partial charge in [-0.1, -0.05) is 30.3 Å². The van der Waals surface area contributed by atoms with Gasteiger partial charge in [-0.05, 0) is 44.7 Å². The minimum atomic E-state index is -0.0954. The smallest absolute Gasteiger partial charge is 0.315 e. The lowest BCUT2D eigenvalue weighted by atomic mass is 10.0. The lowest BCUT2D eigenvalue weighted by Crippen LogP contribution is -2.51. The number of rotatable bonds is 7. The standard InChI is InChI=1S/C18H29N3O2/c1-15(7-6-12-22)19-18(23)20-17-10-5-11-21(14-17)13-16-8-3-2-4-9-16/h2-4,8-9,15,17,22H,5-7,10-14H2,1H3,(H2,19,20,23). The highest BCUT2D eigenvalue weighted by Gasteiger charge is 2.21. The highest BCUT2D eigenvalue weighted by Crippen LogP contribution is 2.13. The van der Waals surface area contributed by atoms with E-state index in [-0.39, 0.29) is 24.7 Å². The summed E-state index contributed by atoms with van der Waals surface area (Å²) in [6.45, 7) is 5.06. The van der Waals surface area contributed by atoms with Crippen LogP contribution in [0, 0.1) is 0 Å². The fraction of sp³-hybridized carbons (Fsp3) is 0.611. The second-order valence-corrected chi connectivity index (χ2v) is 6.44. The molecule has 0 spiro atoms. The van der Waals surface area contributed by atoms with Gasteiger partial charge in [-0.15, -0.1) is 0 Å². The number of aliphatic hydroxyl groups is 1. The summed E-state index contributed by atoms with van der Waals surface area (Å²) in [5, 5.41) is 14.9. The number of hydrogen-bond donors (Lipinski definition) is 3. The SMILES string of the molecule is CC(CCCO)NC(=O)NC1CCCN(Cc2ccccc2)C1. The van der Waals surface area contributed by atoms with E-state index in [0.717, 1.165) is 45.3 Å². The van der Waals surface area contributed by atoms with Crippen LogP contribution in [0.25, 0.3) is 0 Å². The second kappa shape index (κ2) is 9.53. The van der Waals surface area contributed by atoms with Gasteiger partial charge in [0.1, 0.15) is 0 Å². The third kappa shape index (κ3) is 6.59. The Hall–Kier alpha value is -1.59. The van der Waals surface area contributed by atoms with Gasteiger partial charge in [-0.2, -0.15) is 0 Å². The van der Waals surface area contributed by atoms with E-state index < -0.39 is 0 Å². The first-order chi connectivity index (χ1) is 11.2. The maximum Gasteiger partial charge on any atom is 0.315 e. The fourth-order valence-electron chi connectivity index (χ4n) is 3.08. The van der Waals surface area contributed by atoms with Crippen molar-refractivity contribution in [2.75, 3.05) is 19.7 Å². The fourth-order valence-corrected chi connectivity index (χ4v) is 3.08. The van der Waals surface area contributed by atoms with Crippen LogP contribution in [0.5, 0.6) is 0 Å². The summed E-state index contributed by atoms with van der Waals surface area (Å²) in [6, 6.07) is 10.7. The molecule has 0 aromatic heterocycles. The number of carbonyl (C=O) groups is 1. The van der Waals surface area contributed by atoms with E-state index in [2.05, 4.69) is 39.8 Å². The zero-order chi connectivity index (χ0) is 16.5. The molecule has 0 aliphatic carbocycles. The third-order valence-corrected chi connectivity index (χ3v) is 4.26. The minimum absolute atomic E-state index is 0.0890. The Morgan fingerprint density at radius 3 is 2.91 bits per heavy atom. The van der Waals surface area contributed by atoms with Crippen LogP contribution in [-0.4, -0.2) is 47.8 Å². The monoisotopic (exact) mass is 319 g/mol. The Labute approximate surface area is 139 Å². The summed E-state index contributed by atoms with van der Waals surface area (Å²) in [5.74, 6) is 0. The van der Waals surface area contributed by atoms with Crippen molar-refractivity contribution in [1.29, 1.82) is 0 Å². The quantitative estimate of drug-likeness (QED) is 0.721. The minimum Gasteiger partial charge on any atom is -0.396 e. The summed E-state index contributed by atoms with van der Waals surface area (Å²) >= 11 is 0. The van der Waals surface area contributed by atoms with E-state index in [4.69, 9.17) is 5.11 Å². The molecule has 2 rings (SSSR count). The number of urea groups is 1. The molecule has 1 aliphatic rings. The van der Waals surface area contributed by atoms with Gasteiger partial charge in [0.2, 0.25) is 0 Å². The first-order valence-electron chi connectivity index (χ1n) is 8.61. The molecule has 1 fully saturated rings. The predicted molar refractivity (Wildman–Crippen MR) is 92.2 cm³/mol. The highest BCUT2D eigenvalue weighted by molar-refractivity contribution is 5.74. The van der Waals surface area contributed by atoms with Gasteiger partial charge in [0.05, 0.1) is 0 Å². The molecule has 23 heavy (non-hydrogen) atoms. The largest absolute Gasteiger partial charge is 0.396 e. The van der Waals surface area contributed by atoms with Crippen molar-refractivity contribution in [3.63, 3.8) is 0 Å². The zero-order valence-corrected chi connectivity index (χ0v) is 14.0. The Balaban J connectivity index is 1.74. The topological polar surface area (TPSA) is 64.6 Å². The number of likely N-dealkylation sites (tertiary alicyclic amines) is 1. The maximum absolute atomic E-state index is 12.0. The molecular weight excluding hydrogens is 290 g/mol. The van der Waals surface area contributed by atoms with Gasteiger partial charge in [0.15, 0.2) is 0 Å². The molecule has 0 bridgehead atoms. The van der Waals surface area contributed by atoms with Crippen molar-refractivity contribution in [1.82, 2.24) is 15.5 Å². The number of piperidine rings is 1. The van der Waals surface area contributed by atoms with Crippen LogP contribution >= 0.6 is 0 Å². The summed E-state index contributed by atoms with van der Waals surface area (Å²) < 4.78 is 0. The van der Waals surface area contributed by atoms with Gasteiger partial charge >= 0.3 is 6.03 Å². The highest BCUT2D eigenvalue weighted by atomic mass is 16.3. The molecule has 1 heterocycles. The molecule has 128 valence electrons. The summed E-state index contributed by atoms with van der Waals surface area (Å²) in [4.78, 5) is 14.4. The van der Waals surface area contributed by atoms with E-state index in [0.29, 0.717) is 0 Å². The molecule has 1 aromatic carbocycles. The molecule has 2 amide bonds. The van der Waals surface area contributed by atoms with Gasteiger partial charge in [0.25, 0.3) is 0 Å². The molecule has 5 heteroatoms. The molecule has 2 atom stereocenters. The number of hydrogen-bond acceptors (Lipinski definition) is 3. The number of nitrogens with one attached hydrogen (secondary N) is 2. The van der Waals surface area contributed by atoms with Crippen LogP contribution in [0.1, 0.15) is 38.2 Å². The number of benzene rings is 1. The third-order valence-electron chi connectivity index (χ3n) is 4.26. The van der Waals surface area contributed by atoms with Crippen LogP contribution in [0.4, 0.5) is 4.79 Å². The Morgan fingerprint density at radius 1 is 1.39 bits per heavy atom. The molecule has 1 saturated heterocycles. The van der Waals surface area contributed by atoms with E-state index in [1.54, 1.807) is 0 Å². The lowest BCUT2D eigenvalue weighted by Gasteiger charge is -2.33.